The minimum atomic E-state index is -0.712. The fourth-order valence-electron chi connectivity index (χ4n) is 3.30. The van der Waals surface area contributed by atoms with Gasteiger partial charge in [0.25, 0.3) is 11.6 Å². The number of rotatable bonds is 7. The summed E-state index contributed by atoms with van der Waals surface area (Å²) < 4.78 is 6.98. The van der Waals surface area contributed by atoms with Crippen molar-refractivity contribution >= 4 is 17.6 Å². The van der Waals surface area contributed by atoms with Gasteiger partial charge in [0.15, 0.2) is 0 Å². The van der Waals surface area contributed by atoms with Crippen LogP contribution in [-0.2, 0) is 24.1 Å². The highest BCUT2D eigenvalue weighted by molar-refractivity contribution is 5.99. The van der Waals surface area contributed by atoms with Gasteiger partial charge in [0.05, 0.1) is 17.1 Å². The van der Waals surface area contributed by atoms with Crippen molar-refractivity contribution < 1.29 is 19.2 Å². The first kappa shape index (κ1) is 20.4. The summed E-state index contributed by atoms with van der Waals surface area (Å²) in [5.41, 5.74) is -0.347. The number of hydrogen-bond acceptors (Lipinski definition) is 7. The zero-order valence-corrected chi connectivity index (χ0v) is 16.2. The molecule has 1 amide bonds. The summed E-state index contributed by atoms with van der Waals surface area (Å²) in [5.74, 6) is 0.571. The van der Waals surface area contributed by atoms with Crippen molar-refractivity contribution in [3.05, 3.63) is 51.1 Å². The molecule has 10 nitrogen and oxygen atoms in total. The van der Waals surface area contributed by atoms with E-state index in [9.17, 15) is 19.7 Å². The average molecular weight is 401 g/mol. The van der Waals surface area contributed by atoms with Gasteiger partial charge in [0.2, 0.25) is 0 Å². The monoisotopic (exact) mass is 401 g/mol. The number of carbonyl (C=O) groups is 2. The van der Waals surface area contributed by atoms with Crippen LogP contribution in [0.25, 0.3) is 0 Å². The van der Waals surface area contributed by atoms with E-state index in [1.807, 2.05) is 0 Å². The van der Waals surface area contributed by atoms with Crippen LogP contribution in [0.2, 0.25) is 0 Å². The van der Waals surface area contributed by atoms with Crippen molar-refractivity contribution in [3.8, 4) is 0 Å². The molecule has 1 N–H and O–H groups in total. The molecule has 0 fully saturated rings. The summed E-state index contributed by atoms with van der Waals surface area (Å²) >= 11 is 0. The molecule has 0 atom stereocenters. The van der Waals surface area contributed by atoms with Crippen molar-refractivity contribution in [3.63, 3.8) is 0 Å². The van der Waals surface area contributed by atoms with Crippen LogP contribution >= 0.6 is 0 Å². The molecule has 1 aromatic heterocycles. The lowest BCUT2D eigenvalue weighted by Crippen LogP contribution is -2.27. The first-order valence-electron chi connectivity index (χ1n) is 9.65. The highest BCUT2D eigenvalue weighted by Gasteiger charge is 2.19. The summed E-state index contributed by atoms with van der Waals surface area (Å²) in [4.78, 5) is 34.9. The molecule has 0 radical (unpaired) electrons. The second-order valence-corrected chi connectivity index (χ2v) is 6.75. The first-order valence-corrected chi connectivity index (χ1v) is 9.65. The minimum Gasteiger partial charge on any atom is -0.462 e. The maximum atomic E-state index is 12.5. The molecular formula is C19H23N5O5. The van der Waals surface area contributed by atoms with Gasteiger partial charge in [-0.15, -0.1) is 10.2 Å². The van der Waals surface area contributed by atoms with Gasteiger partial charge in [-0.2, -0.15) is 0 Å². The number of nitro groups is 1. The normalized spacial score (nSPS) is 13.3. The van der Waals surface area contributed by atoms with Crippen molar-refractivity contribution in [2.75, 3.05) is 13.2 Å². The average Bonchev–Trinajstić information content (AvgIpc) is 2.94. The van der Waals surface area contributed by atoms with E-state index in [1.165, 1.54) is 6.07 Å². The number of nitrogens with one attached hydrogen (secondary N) is 1. The second-order valence-electron chi connectivity index (χ2n) is 6.75. The summed E-state index contributed by atoms with van der Waals surface area (Å²) in [5, 5.41) is 22.3. The predicted octanol–water partition coefficient (Wildman–Crippen LogP) is 2.06. The molecule has 10 heteroatoms. The SMILES string of the molecule is CCOC(=O)c1cc(C(=O)NCCc2nnc3n2CCCCC3)cc([N+](=O)[O-])c1. The molecule has 0 saturated heterocycles. The summed E-state index contributed by atoms with van der Waals surface area (Å²) in [6.07, 6.45) is 4.75. The largest absolute Gasteiger partial charge is 0.462 e. The Bertz CT molecular complexity index is 924. The van der Waals surface area contributed by atoms with Crippen LogP contribution in [0.1, 0.15) is 58.6 Å². The van der Waals surface area contributed by atoms with Crippen LogP contribution in [0, 0.1) is 10.1 Å². The highest BCUT2D eigenvalue weighted by Crippen LogP contribution is 2.19. The maximum absolute atomic E-state index is 12.5. The van der Waals surface area contributed by atoms with Gasteiger partial charge >= 0.3 is 5.97 Å². The van der Waals surface area contributed by atoms with Crippen LogP contribution in [-0.4, -0.2) is 44.7 Å². The van der Waals surface area contributed by atoms with Crippen LogP contribution in [0.3, 0.4) is 0 Å². The third-order valence-electron chi connectivity index (χ3n) is 4.72. The number of nitro benzene ring substituents is 1. The fourth-order valence-corrected chi connectivity index (χ4v) is 3.30. The lowest BCUT2D eigenvalue weighted by molar-refractivity contribution is -0.384. The smallest absolute Gasteiger partial charge is 0.338 e. The summed E-state index contributed by atoms with van der Waals surface area (Å²) in [6, 6.07) is 3.53. The van der Waals surface area contributed by atoms with Gasteiger partial charge in [-0.3, -0.25) is 14.9 Å². The number of non-ortho nitro benzene ring substituents is 1. The third-order valence-corrected chi connectivity index (χ3v) is 4.72. The molecule has 0 unspecified atom stereocenters. The van der Waals surface area contributed by atoms with Gasteiger partial charge in [0, 0.05) is 43.6 Å². The molecule has 1 aliphatic heterocycles. The zero-order chi connectivity index (χ0) is 20.8. The Morgan fingerprint density at radius 2 is 2.00 bits per heavy atom. The molecule has 0 spiro atoms. The number of hydrogen-bond donors (Lipinski definition) is 1. The van der Waals surface area contributed by atoms with Gasteiger partial charge in [-0.1, -0.05) is 6.42 Å². The van der Waals surface area contributed by atoms with Crippen LogP contribution in [0.4, 0.5) is 5.69 Å². The number of benzene rings is 1. The fraction of sp³-hybridized carbons (Fsp3) is 0.474. The molecule has 0 saturated carbocycles. The van der Waals surface area contributed by atoms with E-state index in [-0.39, 0.29) is 23.4 Å². The van der Waals surface area contributed by atoms with E-state index < -0.39 is 16.8 Å². The van der Waals surface area contributed by atoms with E-state index >= 15 is 0 Å². The summed E-state index contributed by atoms with van der Waals surface area (Å²) in [7, 11) is 0. The quantitative estimate of drug-likeness (QED) is 0.427. The molecule has 0 aliphatic carbocycles. The van der Waals surface area contributed by atoms with Crippen molar-refractivity contribution in [2.45, 2.75) is 45.6 Å². The predicted molar refractivity (Wildman–Crippen MR) is 103 cm³/mol. The van der Waals surface area contributed by atoms with Crippen LogP contribution < -0.4 is 5.32 Å². The van der Waals surface area contributed by atoms with Gasteiger partial charge < -0.3 is 14.6 Å². The van der Waals surface area contributed by atoms with E-state index in [0.717, 1.165) is 56.0 Å². The molecule has 1 aliphatic rings. The molecule has 3 rings (SSSR count). The van der Waals surface area contributed by atoms with Gasteiger partial charge in [-0.05, 0) is 25.8 Å². The van der Waals surface area contributed by atoms with Gasteiger partial charge in [-0.25, -0.2) is 4.79 Å². The number of aromatic nitrogens is 3. The highest BCUT2D eigenvalue weighted by atomic mass is 16.6. The Kier molecular flexibility index (Phi) is 6.53. The standard InChI is InChI=1S/C19H23N5O5/c1-2-29-19(26)14-10-13(11-15(12-14)24(27)28)18(25)20-8-7-17-22-21-16-6-4-3-5-9-23(16)17/h10-12H,2-9H2,1H3,(H,20,25). The van der Waals surface area contributed by atoms with Crippen molar-refractivity contribution in [2.24, 2.45) is 0 Å². The van der Waals surface area contributed by atoms with Crippen molar-refractivity contribution in [1.29, 1.82) is 0 Å². The summed E-state index contributed by atoms with van der Waals surface area (Å²) in [6.45, 7) is 2.94. The Balaban J connectivity index is 1.68. The Morgan fingerprint density at radius 3 is 2.76 bits per heavy atom. The molecule has 1 aromatic carbocycles. The van der Waals surface area contributed by atoms with Crippen molar-refractivity contribution in [1.82, 2.24) is 20.1 Å². The second kappa shape index (κ2) is 9.26. The van der Waals surface area contributed by atoms with E-state index in [2.05, 4.69) is 20.1 Å². The Labute approximate surface area is 167 Å². The number of esters is 1. The number of amides is 1. The van der Waals surface area contributed by atoms with Gasteiger partial charge in [0.1, 0.15) is 11.6 Å². The molecule has 154 valence electrons. The third kappa shape index (κ3) is 4.95. The zero-order valence-electron chi connectivity index (χ0n) is 16.2. The maximum Gasteiger partial charge on any atom is 0.338 e. The first-order chi connectivity index (χ1) is 14.0. The van der Waals surface area contributed by atoms with E-state index in [4.69, 9.17) is 4.74 Å². The lowest BCUT2D eigenvalue weighted by Gasteiger charge is -2.09. The minimum absolute atomic E-state index is 0.0299. The molecule has 2 heterocycles. The molecule has 2 aromatic rings. The topological polar surface area (TPSA) is 129 Å². The number of aryl methyl sites for hydroxylation is 1. The Morgan fingerprint density at radius 1 is 1.21 bits per heavy atom. The number of ether oxygens (including phenoxy) is 1. The molecule has 29 heavy (non-hydrogen) atoms. The number of fused-ring (bicyclic) bond motifs is 1. The van der Waals surface area contributed by atoms with E-state index in [1.54, 1.807) is 6.92 Å². The Hall–Kier alpha value is -3.30. The van der Waals surface area contributed by atoms with E-state index in [0.29, 0.717) is 13.0 Å². The van der Waals surface area contributed by atoms with Crippen LogP contribution in [0.5, 0.6) is 0 Å². The molecule has 0 bridgehead atoms. The number of carbonyl (C=O) groups excluding carboxylic acids is 2. The van der Waals surface area contributed by atoms with Crippen LogP contribution in [0.15, 0.2) is 18.2 Å². The lowest BCUT2D eigenvalue weighted by atomic mass is 10.1. The number of nitrogens with zero attached hydrogens (tertiary/aromatic N) is 4. The molecular weight excluding hydrogens is 378 g/mol.